The number of rotatable bonds is 3. The normalized spacial score (nSPS) is 23.6. The number of ether oxygens (including phenoxy) is 1. The fraction of sp³-hybridized carbons (Fsp3) is 0.667. The summed E-state index contributed by atoms with van der Waals surface area (Å²) in [5.41, 5.74) is 5.92. The zero-order valence-electron chi connectivity index (χ0n) is 9.00. The summed E-state index contributed by atoms with van der Waals surface area (Å²) in [5, 5.41) is 10.6. The Balaban J connectivity index is 2.22. The largest absolute Gasteiger partial charge is 0.441 e. The molecular weight excluding hydrogens is 212 g/mol. The van der Waals surface area contributed by atoms with E-state index in [1.165, 1.54) is 6.20 Å². The van der Waals surface area contributed by atoms with E-state index >= 15 is 0 Å². The third-order valence-corrected chi connectivity index (χ3v) is 2.63. The fourth-order valence-electron chi connectivity index (χ4n) is 1.82. The highest BCUT2D eigenvalue weighted by atomic mass is 16.6. The molecule has 0 amide bonds. The number of hydrogen-bond donors (Lipinski definition) is 1. The number of aromatic nitrogens is 2. The summed E-state index contributed by atoms with van der Waals surface area (Å²) in [6.07, 6.45) is 3.06. The van der Waals surface area contributed by atoms with Crippen LogP contribution in [0.15, 0.2) is 6.20 Å². The van der Waals surface area contributed by atoms with Crippen LogP contribution in [0.25, 0.3) is 0 Å². The Labute approximate surface area is 92.4 Å². The van der Waals surface area contributed by atoms with E-state index in [-0.39, 0.29) is 18.0 Å². The van der Waals surface area contributed by atoms with Gasteiger partial charge in [0.1, 0.15) is 12.3 Å². The Bertz CT molecular complexity index is 403. The van der Waals surface area contributed by atoms with Crippen molar-refractivity contribution in [3.05, 3.63) is 16.3 Å². The number of nitrogens with zero attached hydrogens (tertiary/aromatic N) is 3. The highest BCUT2D eigenvalue weighted by Crippen LogP contribution is 2.25. The average molecular weight is 226 g/mol. The number of fused-ring (bicyclic) bond motifs is 1. The van der Waals surface area contributed by atoms with Gasteiger partial charge in [0.25, 0.3) is 0 Å². The summed E-state index contributed by atoms with van der Waals surface area (Å²) in [4.78, 5) is 13.8. The third kappa shape index (κ3) is 1.85. The quantitative estimate of drug-likeness (QED) is 0.603. The minimum atomic E-state index is -0.533. The fourth-order valence-corrected chi connectivity index (χ4v) is 1.82. The molecule has 2 rings (SSSR count). The van der Waals surface area contributed by atoms with Crippen LogP contribution in [0.2, 0.25) is 0 Å². The molecule has 2 heterocycles. The predicted molar refractivity (Wildman–Crippen MR) is 56.2 cm³/mol. The van der Waals surface area contributed by atoms with Crippen molar-refractivity contribution in [1.29, 1.82) is 0 Å². The standard InChI is InChI=1S/C9H14N4O3/c1-2-3-7-6(10)4-12-5-8(13(14)15)11-9(12)16-7/h5-7H,2-4,10H2,1H3. The van der Waals surface area contributed by atoms with E-state index in [9.17, 15) is 10.1 Å². The van der Waals surface area contributed by atoms with Crippen molar-refractivity contribution in [3.63, 3.8) is 0 Å². The summed E-state index contributed by atoms with van der Waals surface area (Å²) in [5.74, 6) is -0.195. The van der Waals surface area contributed by atoms with Gasteiger partial charge in [0.2, 0.25) is 0 Å². The van der Waals surface area contributed by atoms with Crippen molar-refractivity contribution in [1.82, 2.24) is 9.55 Å². The molecule has 1 aliphatic heterocycles. The second kappa shape index (κ2) is 4.09. The Morgan fingerprint density at radius 1 is 1.81 bits per heavy atom. The Hall–Kier alpha value is -1.63. The van der Waals surface area contributed by atoms with Crippen molar-refractivity contribution in [2.75, 3.05) is 0 Å². The molecule has 0 aliphatic carbocycles. The van der Waals surface area contributed by atoms with Gasteiger partial charge < -0.3 is 20.6 Å². The van der Waals surface area contributed by atoms with Gasteiger partial charge in [0.15, 0.2) is 0 Å². The topological polar surface area (TPSA) is 96.2 Å². The Morgan fingerprint density at radius 2 is 2.56 bits per heavy atom. The van der Waals surface area contributed by atoms with Crippen LogP contribution in [0.1, 0.15) is 19.8 Å². The first kappa shape index (κ1) is 10.9. The first-order valence-corrected chi connectivity index (χ1v) is 5.25. The van der Waals surface area contributed by atoms with Gasteiger partial charge in [-0.3, -0.25) is 4.57 Å². The minimum Gasteiger partial charge on any atom is -0.441 e. The molecule has 2 atom stereocenters. The van der Waals surface area contributed by atoms with E-state index < -0.39 is 4.92 Å². The summed E-state index contributed by atoms with van der Waals surface area (Å²) in [6.45, 7) is 2.56. The van der Waals surface area contributed by atoms with Gasteiger partial charge in [-0.2, -0.15) is 0 Å². The molecule has 0 fully saturated rings. The number of hydrogen-bond acceptors (Lipinski definition) is 5. The van der Waals surface area contributed by atoms with Crippen LogP contribution in [0.3, 0.4) is 0 Å². The average Bonchev–Trinajstić information content (AvgIpc) is 2.61. The van der Waals surface area contributed by atoms with Crippen LogP contribution in [0.4, 0.5) is 5.82 Å². The van der Waals surface area contributed by atoms with Gasteiger partial charge in [-0.15, -0.1) is 0 Å². The lowest BCUT2D eigenvalue weighted by Crippen LogP contribution is -2.45. The van der Waals surface area contributed by atoms with E-state index in [1.807, 2.05) is 6.92 Å². The molecule has 1 aromatic rings. The Kier molecular flexibility index (Phi) is 2.78. The summed E-state index contributed by atoms with van der Waals surface area (Å²) >= 11 is 0. The van der Waals surface area contributed by atoms with Crippen LogP contribution >= 0.6 is 0 Å². The van der Waals surface area contributed by atoms with E-state index in [2.05, 4.69) is 4.98 Å². The molecule has 0 saturated heterocycles. The summed E-state index contributed by atoms with van der Waals surface area (Å²) in [6, 6.07) is 0.160. The van der Waals surface area contributed by atoms with Gasteiger partial charge in [-0.25, -0.2) is 0 Å². The predicted octanol–water partition coefficient (Wildman–Crippen LogP) is 0.680. The van der Waals surface area contributed by atoms with Crippen molar-refractivity contribution in [2.24, 2.45) is 5.73 Å². The molecule has 16 heavy (non-hydrogen) atoms. The monoisotopic (exact) mass is 226 g/mol. The molecule has 1 aromatic heterocycles. The third-order valence-electron chi connectivity index (χ3n) is 2.63. The molecule has 0 radical (unpaired) electrons. The van der Waals surface area contributed by atoms with E-state index in [0.29, 0.717) is 12.6 Å². The van der Waals surface area contributed by atoms with Crippen LogP contribution in [0, 0.1) is 10.1 Å². The van der Waals surface area contributed by atoms with Crippen molar-refractivity contribution in [2.45, 2.75) is 38.5 Å². The molecule has 7 nitrogen and oxygen atoms in total. The lowest BCUT2D eigenvalue weighted by molar-refractivity contribution is -0.389. The molecule has 0 bridgehead atoms. The van der Waals surface area contributed by atoms with E-state index in [4.69, 9.17) is 10.5 Å². The lowest BCUT2D eigenvalue weighted by atomic mass is 10.1. The number of nitro groups is 1. The maximum atomic E-state index is 10.6. The number of nitrogens with two attached hydrogens (primary N) is 1. The molecule has 1 aliphatic rings. The van der Waals surface area contributed by atoms with Crippen LogP contribution in [0.5, 0.6) is 6.01 Å². The molecule has 0 spiro atoms. The SMILES string of the molecule is CCCC1Oc2nc([N+](=O)[O-])cn2CC1N. The van der Waals surface area contributed by atoms with Crippen LogP contribution in [-0.4, -0.2) is 26.6 Å². The molecule has 0 aromatic carbocycles. The molecular formula is C9H14N4O3. The maximum absolute atomic E-state index is 10.6. The van der Waals surface area contributed by atoms with E-state index in [0.717, 1.165) is 12.8 Å². The molecule has 0 saturated carbocycles. The van der Waals surface area contributed by atoms with Crippen LogP contribution < -0.4 is 10.5 Å². The molecule has 2 unspecified atom stereocenters. The first-order valence-electron chi connectivity index (χ1n) is 5.25. The van der Waals surface area contributed by atoms with Gasteiger partial charge in [0, 0.05) is 11.5 Å². The zero-order valence-corrected chi connectivity index (χ0v) is 9.00. The van der Waals surface area contributed by atoms with Crippen molar-refractivity contribution < 1.29 is 9.66 Å². The molecule has 88 valence electrons. The van der Waals surface area contributed by atoms with Gasteiger partial charge in [0.05, 0.1) is 6.04 Å². The van der Waals surface area contributed by atoms with Crippen molar-refractivity contribution >= 4 is 5.82 Å². The highest BCUT2D eigenvalue weighted by Gasteiger charge is 2.32. The minimum absolute atomic E-state index is 0.0977. The van der Waals surface area contributed by atoms with E-state index in [1.54, 1.807) is 4.57 Å². The molecule has 7 heteroatoms. The Morgan fingerprint density at radius 3 is 3.19 bits per heavy atom. The maximum Gasteiger partial charge on any atom is 0.414 e. The smallest absolute Gasteiger partial charge is 0.414 e. The van der Waals surface area contributed by atoms with Gasteiger partial charge in [-0.05, 0) is 11.3 Å². The highest BCUT2D eigenvalue weighted by molar-refractivity contribution is 5.22. The van der Waals surface area contributed by atoms with Crippen molar-refractivity contribution in [3.8, 4) is 6.01 Å². The first-order chi connectivity index (χ1) is 7.61. The summed E-state index contributed by atoms with van der Waals surface area (Å²) in [7, 11) is 0. The molecule has 2 N–H and O–H groups in total. The van der Waals surface area contributed by atoms with Crippen LogP contribution in [-0.2, 0) is 6.54 Å². The number of imidazole rings is 1. The second-order valence-electron chi connectivity index (χ2n) is 3.90. The van der Waals surface area contributed by atoms with Gasteiger partial charge in [-0.1, -0.05) is 13.3 Å². The van der Waals surface area contributed by atoms with Gasteiger partial charge >= 0.3 is 11.8 Å². The second-order valence-corrected chi connectivity index (χ2v) is 3.90. The summed E-state index contributed by atoms with van der Waals surface area (Å²) < 4.78 is 7.13. The lowest BCUT2D eigenvalue weighted by Gasteiger charge is -2.27. The zero-order chi connectivity index (χ0) is 11.7.